The second kappa shape index (κ2) is 9.33. The number of guanidine groups is 1. The lowest BCUT2D eigenvalue weighted by Crippen LogP contribution is -2.54. The summed E-state index contributed by atoms with van der Waals surface area (Å²) in [7, 11) is 0. The minimum Gasteiger partial charge on any atom is -0.357 e. The third-order valence-corrected chi connectivity index (χ3v) is 6.65. The summed E-state index contributed by atoms with van der Waals surface area (Å²) < 4.78 is 14.3. The molecule has 0 atom stereocenters. The molecule has 7 heteroatoms. The van der Waals surface area contributed by atoms with Crippen LogP contribution >= 0.6 is 0 Å². The molecule has 3 aliphatic rings. The Morgan fingerprint density at radius 1 is 1.07 bits per heavy atom. The summed E-state index contributed by atoms with van der Waals surface area (Å²) in [6.07, 6.45) is 4.25. The van der Waals surface area contributed by atoms with E-state index in [1.54, 1.807) is 12.1 Å². The fraction of sp³-hybridized carbons (Fsp3) is 0.652. The van der Waals surface area contributed by atoms with Crippen LogP contribution in [0.3, 0.4) is 0 Å². The van der Waals surface area contributed by atoms with Crippen LogP contribution in [0.5, 0.6) is 0 Å². The van der Waals surface area contributed by atoms with E-state index in [4.69, 9.17) is 4.99 Å². The number of aliphatic imine (C=N–C) groups is 1. The van der Waals surface area contributed by atoms with Gasteiger partial charge in [-0.3, -0.25) is 14.7 Å². The zero-order chi connectivity index (χ0) is 21.0. The highest BCUT2D eigenvalue weighted by Crippen LogP contribution is 2.49. The molecular formula is C23H34FN5O. The molecular weight excluding hydrogens is 381 g/mol. The van der Waals surface area contributed by atoms with E-state index in [2.05, 4.69) is 22.0 Å². The Hall–Kier alpha value is -2.15. The van der Waals surface area contributed by atoms with Crippen LogP contribution in [-0.4, -0.2) is 85.5 Å². The third-order valence-electron chi connectivity index (χ3n) is 6.65. The number of nitrogens with zero attached hydrogens (tertiary/aromatic N) is 4. The second-order valence-electron chi connectivity index (χ2n) is 8.78. The zero-order valence-corrected chi connectivity index (χ0v) is 18.1. The van der Waals surface area contributed by atoms with Gasteiger partial charge in [-0.25, -0.2) is 4.39 Å². The van der Waals surface area contributed by atoms with Crippen molar-refractivity contribution in [2.45, 2.75) is 38.0 Å². The third kappa shape index (κ3) is 4.77. The number of hydrogen-bond donors (Lipinski definition) is 1. The number of likely N-dealkylation sites (tertiary alicyclic amines) is 1. The monoisotopic (exact) mass is 415 g/mol. The Bertz CT molecular complexity index is 765. The van der Waals surface area contributed by atoms with Crippen LogP contribution in [0.2, 0.25) is 0 Å². The van der Waals surface area contributed by atoms with E-state index >= 15 is 0 Å². The normalized spacial score (nSPS) is 21.7. The highest BCUT2D eigenvalue weighted by Gasteiger charge is 2.46. The number of nitrogens with one attached hydrogen (secondary N) is 1. The average Bonchev–Trinajstić information content (AvgIpc) is 3.33. The number of piperazine rings is 1. The van der Waals surface area contributed by atoms with E-state index in [0.717, 1.165) is 83.0 Å². The first-order valence-corrected chi connectivity index (χ1v) is 11.4. The van der Waals surface area contributed by atoms with Crippen LogP contribution in [0.15, 0.2) is 29.3 Å². The van der Waals surface area contributed by atoms with Gasteiger partial charge in [0.1, 0.15) is 5.82 Å². The maximum Gasteiger partial charge on any atom is 0.236 e. The number of hydrogen-bond acceptors (Lipinski definition) is 3. The molecule has 3 fully saturated rings. The molecule has 1 amide bonds. The van der Waals surface area contributed by atoms with Crippen molar-refractivity contribution in [1.29, 1.82) is 0 Å². The lowest BCUT2D eigenvalue weighted by atomic mass is 9.95. The van der Waals surface area contributed by atoms with E-state index in [1.807, 2.05) is 17.0 Å². The molecule has 2 saturated heterocycles. The molecule has 1 aromatic carbocycles. The van der Waals surface area contributed by atoms with Gasteiger partial charge in [-0.05, 0) is 44.2 Å². The van der Waals surface area contributed by atoms with Crippen LogP contribution < -0.4 is 5.32 Å². The summed E-state index contributed by atoms with van der Waals surface area (Å²) >= 11 is 0. The number of halogens is 1. The van der Waals surface area contributed by atoms with E-state index < -0.39 is 0 Å². The van der Waals surface area contributed by atoms with E-state index in [-0.39, 0.29) is 17.1 Å². The number of rotatable bonds is 6. The molecule has 0 radical (unpaired) electrons. The largest absolute Gasteiger partial charge is 0.357 e. The molecule has 1 saturated carbocycles. The Balaban J connectivity index is 1.33. The van der Waals surface area contributed by atoms with Crippen LogP contribution in [0.25, 0.3) is 0 Å². The predicted molar refractivity (Wildman–Crippen MR) is 117 cm³/mol. The first-order chi connectivity index (χ1) is 14.6. The van der Waals surface area contributed by atoms with Gasteiger partial charge in [-0.1, -0.05) is 18.2 Å². The Morgan fingerprint density at radius 3 is 2.40 bits per heavy atom. The van der Waals surface area contributed by atoms with Crippen molar-refractivity contribution in [2.75, 3.05) is 58.9 Å². The van der Waals surface area contributed by atoms with Gasteiger partial charge in [0.05, 0.1) is 13.1 Å². The smallest absolute Gasteiger partial charge is 0.236 e. The highest BCUT2D eigenvalue weighted by molar-refractivity contribution is 5.80. The van der Waals surface area contributed by atoms with Crippen LogP contribution in [0.4, 0.5) is 4.39 Å². The molecule has 2 aliphatic heterocycles. The summed E-state index contributed by atoms with van der Waals surface area (Å²) in [6.45, 7) is 9.29. The molecule has 4 rings (SSSR count). The van der Waals surface area contributed by atoms with Crippen molar-refractivity contribution in [1.82, 2.24) is 20.0 Å². The van der Waals surface area contributed by atoms with E-state index in [0.29, 0.717) is 13.1 Å². The molecule has 2 heterocycles. The maximum atomic E-state index is 14.3. The van der Waals surface area contributed by atoms with Crippen molar-refractivity contribution in [3.05, 3.63) is 35.6 Å². The maximum absolute atomic E-state index is 14.3. The summed E-state index contributed by atoms with van der Waals surface area (Å²) in [6, 6.07) is 7.11. The standard InChI is InChI=1S/C23H34FN5O/c1-2-25-22(26-18-23(9-10-23)19-7-3-4-8-20(19)24)29-15-13-27(14-16-29)17-21(30)28-11-5-6-12-28/h3-4,7-8H,2,5-6,9-18H2,1H3,(H,25,26). The Labute approximate surface area is 179 Å². The van der Waals surface area contributed by atoms with Gasteiger partial charge >= 0.3 is 0 Å². The fourth-order valence-electron chi connectivity index (χ4n) is 4.58. The SMILES string of the molecule is CCNC(=NCC1(c2ccccc2F)CC1)N1CCN(CC(=O)N2CCCC2)CC1. The number of amides is 1. The molecule has 6 nitrogen and oxygen atoms in total. The van der Waals surface area contributed by atoms with E-state index in [1.165, 1.54) is 0 Å². The summed E-state index contributed by atoms with van der Waals surface area (Å²) in [5.41, 5.74) is 0.658. The van der Waals surface area contributed by atoms with Gasteiger partial charge in [-0.2, -0.15) is 0 Å². The molecule has 1 N–H and O–H groups in total. The molecule has 0 aromatic heterocycles. The average molecular weight is 416 g/mol. The molecule has 1 aliphatic carbocycles. The van der Waals surface area contributed by atoms with Crippen LogP contribution in [-0.2, 0) is 10.2 Å². The molecule has 1 aromatic rings. The van der Waals surface area contributed by atoms with Crippen molar-refractivity contribution < 1.29 is 9.18 Å². The predicted octanol–water partition coefficient (Wildman–Crippen LogP) is 2.06. The lowest BCUT2D eigenvalue weighted by molar-refractivity contribution is -0.131. The first kappa shape index (κ1) is 21.1. The second-order valence-corrected chi connectivity index (χ2v) is 8.78. The first-order valence-electron chi connectivity index (χ1n) is 11.4. The minimum atomic E-state index is -0.143. The highest BCUT2D eigenvalue weighted by atomic mass is 19.1. The van der Waals surface area contributed by atoms with Gasteiger partial charge < -0.3 is 15.1 Å². The fourth-order valence-corrected chi connectivity index (χ4v) is 4.58. The van der Waals surface area contributed by atoms with Gasteiger partial charge in [0, 0.05) is 51.2 Å². The van der Waals surface area contributed by atoms with Crippen molar-refractivity contribution in [3.63, 3.8) is 0 Å². The molecule has 0 bridgehead atoms. The minimum absolute atomic E-state index is 0.119. The van der Waals surface area contributed by atoms with Gasteiger partial charge in [0.15, 0.2) is 5.96 Å². The Kier molecular flexibility index (Phi) is 6.56. The number of carbonyl (C=O) groups is 1. The summed E-state index contributed by atoms with van der Waals surface area (Å²) in [5, 5.41) is 3.41. The quantitative estimate of drug-likeness (QED) is 0.571. The Morgan fingerprint density at radius 2 is 1.77 bits per heavy atom. The van der Waals surface area contributed by atoms with Crippen LogP contribution in [0, 0.1) is 5.82 Å². The number of carbonyl (C=O) groups excluding carboxylic acids is 1. The lowest BCUT2D eigenvalue weighted by Gasteiger charge is -2.36. The van der Waals surface area contributed by atoms with Crippen molar-refractivity contribution >= 4 is 11.9 Å². The molecule has 0 unspecified atom stereocenters. The molecule has 164 valence electrons. The summed E-state index contributed by atoms with van der Waals surface area (Å²) in [4.78, 5) is 23.9. The summed E-state index contributed by atoms with van der Waals surface area (Å²) in [5.74, 6) is 1.05. The number of benzene rings is 1. The topological polar surface area (TPSA) is 51.2 Å². The molecule has 30 heavy (non-hydrogen) atoms. The van der Waals surface area contributed by atoms with Gasteiger partial charge in [0.2, 0.25) is 5.91 Å². The van der Waals surface area contributed by atoms with Crippen molar-refractivity contribution in [3.8, 4) is 0 Å². The van der Waals surface area contributed by atoms with Crippen molar-refractivity contribution in [2.24, 2.45) is 4.99 Å². The van der Waals surface area contributed by atoms with Gasteiger partial charge in [-0.15, -0.1) is 0 Å². The van der Waals surface area contributed by atoms with E-state index in [9.17, 15) is 9.18 Å². The van der Waals surface area contributed by atoms with Gasteiger partial charge in [0.25, 0.3) is 0 Å². The molecule has 0 spiro atoms. The zero-order valence-electron chi connectivity index (χ0n) is 18.1. The van der Waals surface area contributed by atoms with Crippen LogP contribution in [0.1, 0.15) is 38.2 Å².